The minimum Gasteiger partial charge on any atom is -0.497 e. The predicted octanol–water partition coefficient (Wildman–Crippen LogP) is 3.92. The van der Waals surface area contributed by atoms with Gasteiger partial charge in [-0.2, -0.15) is 0 Å². The van der Waals surface area contributed by atoms with E-state index in [0.29, 0.717) is 11.9 Å². The molecule has 0 saturated carbocycles. The van der Waals surface area contributed by atoms with E-state index in [0.717, 1.165) is 48.0 Å². The minimum absolute atomic E-state index is 0.0213. The molecule has 1 unspecified atom stereocenters. The quantitative estimate of drug-likeness (QED) is 0.448. The lowest BCUT2D eigenvalue weighted by molar-refractivity contribution is 0.0937. The number of thioether (sulfide) groups is 1. The second-order valence-corrected chi connectivity index (χ2v) is 7.97. The fourth-order valence-corrected chi connectivity index (χ4v) is 4.46. The van der Waals surface area contributed by atoms with Gasteiger partial charge in [0.05, 0.1) is 30.7 Å². The highest BCUT2D eigenvalue weighted by atomic mass is 32.2. The third-order valence-corrected chi connectivity index (χ3v) is 6.00. The van der Waals surface area contributed by atoms with Gasteiger partial charge < -0.3 is 9.47 Å². The van der Waals surface area contributed by atoms with Gasteiger partial charge in [-0.05, 0) is 49.1 Å². The van der Waals surface area contributed by atoms with E-state index in [4.69, 9.17) is 14.5 Å². The molecule has 0 radical (unpaired) electrons. The molecule has 0 aliphatic carbocycles. The van der Waals surface area contributed by atoms with Crippen LogP contribution in [0.1, 0.15) is 18.4 Å². The number of hydrogen-bond donors (Lipinski definition) is 0. The van der Waals surface area contributed by atoms with E-state index in [-0.39, 0.29) is 11.7 Å². The molecule has 4 rings (SSSR count). The van der Waals surface area contributed by atoms with Crippen molar-refractivity contribution in [2.45, 2.75) is 37.1 Å². The molecule has 28 heavy (non-hydrogen) atoms. The van der Waals surface area contributed by atoms with Crippen molar-refractivity contribution < 1.29 is 9.47 Å². The van der Waals surface area contributed by atoms with Gasteiger partial charge in [0.1, 0.15) is 5.75 Å². The topological polar surface area (TPSA) is 53.3 Å². The summed E-state index contributed by atoms with van der Waals surface area (Å²) in [5.74, 6) is 1.71. The van der Waals surface area contributed by atoms with Gasteiger partial charge >= 0.3 is 0 Å². The highest BCUT2D eigenvalue weighted by Gasteiger charge is 2.20. The molecule has 1 aromatic heterocycles. The van der Waals surface area contributed by atoms with E-state index in [9.17, 15) is 4.79 Å². The van der Waals surface area contributed by atoms with Crippen LogP contribution in [-0.4, -0.2) is 35.1 Å². The van der Waals surface area contributed by atoms with Crippen LogP contribution in [0.5, 0.6) is 5.75 Å². The monoisotopic (exact) mass is 396 g/mol. The smallest absolute Gasteiger partial charge is 0.262 e. The lowest BCUT2D eigenvalue weighted by Crippen LogP contribution is -2.28. The number of methoxy groups -OCH3 is 1. The summed E-state index contributed by atoms with van der Waals surface area (Å²) >= 11 is 1.63. The van der Waals surface area contributed by atoms with Crippen LogP contribution in [0.25, 0.3) is 10.9 Å². The largest absolute Gasteiger partial charge is 0.497 e. The first kappa shape index (κ1) is 19.0. The van der Waals surface area contributed by atoms with Crippen LogP contribution < -0.4 is 10.3 Å². The van der Waals surface area contributed by atoms with Crippen LogP contribution in [0, 0.1) is 0 Å². The van der Waals surface area contributed by atoms with E-state index in [1.54, 1.807) is 23.4 Å². The fourth-order valence-electron chi connectivity index (χ4n) is 3.46. The molecule has 3 aromatic rings. The van der Waals surface area contributed by atoms with Gasteiger partial charge in [0.25, 0.3) is 5.56 Å². The molecule has 1 fully saturated rings. The molecule has 1 saturated heterocycles. The predicted molar refractivity (Wildman–Crippen MR) is 112 cm³/mol. The SMILES string of the molecule is COc1ccc(CCSc2nc3ccccc3c(=O)n2CC2CCCO2)cc1. The van der Waals surface area contributed by atoms with Gasteiger partial charge in [0.15, 0.2) is 5.16 Å². The number of fused-ring (bicyclic) bond motifs is 1. The van der Waals surface area contributed by atoms with Crippen molar-refractivity contribution in [2.75, 3.05) is 19.5 Å². The van der Waals surface area contributed by atoms with Gasteiger partial charge in [-0.3, -0.25) is 9.36 Å². The van der Waals surface area contributed by atoms with E-state index in [2.05, 4.69) is 12.1 Å². The lowest BCUT2D eigenvalue weighted by atomic mass is 10.2. The highest BCUT2D eigenvalue weighted by molar-refractivity contribution is 7.99. The molecular weight excluding hydrogens is 372 g/mol. The maximum Gasteiger partial charge on any atom is 0.262 e. The normalized spacial score (nSPS) is 16.5. The van der Waals surface area contributed by atoms with Crippen molar-refractivity contribution in [3.63, 3.8) is 0 Å². The Hall–Kier alpha value is -2.31. The van der Waals surface area contributed by atoms with E-state index in [1.807, 2.05) is 36.4 Å². The average Bonchev–Trinajstić information content (AvgIpc) is 3.24. The Morgan fingerprint density at radius 3 is 2.79 bits per heavy atom. The molecule has 1 aliphatic heterocycles. The summed E-state index contributed by atoms with van der Waals surface area (Å²) in [5.41, 5.74) is 2.01. The summed E-state index contributed by atoms with van der Waals surface area (Å²) < 4.78 is 12.8. The van der Waals surface area contributed by atoms with Gasteiger partial charge in [0, 0.05) is 12.4 Å². The molecule has 5 nitrogen and oxygen atoms in total. The van der Waals surface area contributed by atoms with Crippen molar-refractivity contribution in [3.8, 4) is 5.75 Å². The van der Waals surface area contributed by atoms with Crippen molar-refractivity contribution in [1.82, 2.24) is 9.55 Å². The second kappa shape index (κ2) is 8.80. The maximum absolute atomic E-state index is 13.1. The molecule has 0 spiro atoms. The number of para-hydroxylation sites is 1. The molecule has 1 aliphatic rings. The van der Waals surface area contributed by atoms with Gasteiger partial charge in [-0.25, -0.2) is 4.98 Å². The van der Waals surface area contributed by atoms with Crippen molar-refractivity contribution in [3.05, 3.63) is 64.4 Å². The zero-order valence-electron chi connectivity index (χ0n) is 16.0. The Labute approximate surface area is 168 Å². The lowest BCUT2D eigenvalue weighted by Gasteiger charge is -2.16. The number of hydrogen-bond acceptors (Lipinski definition) is 5. The molecule has 2 aromatic carbocycles. The Bertz CT molecular complexity index is 995. The summed E-state index contributed by atoms with van der Waals surface area (Å²) in [4.78, 5) is 17.9. The standard InChI is InChI=1S/C22H24N2O3S/c1-26-17-10-8-16(9-11-17)12-14-28-22-23-20-7-3-2-6-19(20)21(25)24(22)15-18-5-4-13-27-18/h2-3,6-11,18H,4-5,12-15H2,1H3. The van der Waals surface area contributed by atoms with Crippen LogP contribution in [0.15, 0.2) is 58.5 Å². The van der Waals surface area contributed by atoms with Crippen molar-refractivity contribution in [2.24, 2.45) is 0 Å². The molecule has 2 heterocycles. The van der Waals surface area contributed by atoms with E-state index >= 15 is 0 Å². The number of nitrogens with zero attached hydrogens (tertiary/aromatic N) is 2. The number of aromatic nitrogens is 2. The number of ether oxygens (including phenoxy) is 2. The van der Waals surface area contributed by atoms with Gasteiger partial charge in [-0.15, -0.1) is 0 Å². The molecule has 146 valence electrons. The first-order valence-electron chi connectivity index (χ1n) is 9.61. The second-order valence-electron chi connectivity index (χ2n) is 6.91. The van der Waals surface area contributed by atoms with Crippen molar-refractivity contribution >= 4 is 22.7 Å². The molecule has 0 amide bonds. The summed E-state index contributed by atoms with van der Waals surface area (Å²) in [6.45, 7) is 1.35. The zero-order chi connectivity index (χ0) is 19.3. The molecule has 1 atom stereocenters. The van der Waals surface area contributed by atoms with Crippen LogP contribution in [-0.2, 0) is 17.7 Å². The van der Waals surface area contributed by atoms with Crippen LogP contribution in [0.3, 0.4) is 0 Å². The number of rotatable bonds is 7. The number of benzene rings is 2. The molecule has 6 heteroatoms. The third kappa shape index (κ3) is 4.23. The van der Waals surface area contributed by atoms with E-state index < -0.39 is 0 Å². The van der Waals surface area contributed by atoms with Crippen LogP contribution in [0.2, 0.25) is 0 Å². The summed E-state index contributed by atoms with van der Waals surface area (Å²) in [5, 5.41) is 1.44. The van der Waals surface area contributed by atoms with E-state index in [1.165, 1.54) is 5.56 Å². The molecule has 0 bridgehead atoms. The van der Waals surface area contributed by atoms with Gasteiger partial charge in [-0.1, -0.05) is 36.0 Å². The summed E-state index contributed by atoms with van der Waals surface area (Å²) in [6, 6.07) is 15.7. The summed E-state index contributed by atoms with van der Waals surface area (Å²) in [7, 11) is 1.67. The zero-order valence-corrected chi connectivity index (χ0v) is 16.8. The third-order valence-electron chi connectivity index (χ3n) is 5.02. The fraction of sp³-hybridized carbons (Fsp3) is 0.364. The van der Waals surface area contributed by atoms with Gasteiger partial charge in [0.2, 0.25) is 0 Å². The Kier molecular flexibility index (Phi) is 5.98. The average molecular weight is 397 g/mol. The Morgan fingerprint density at radius 2 is 2.04 bits per heavy atom. The first-order chi connectivity index (χ1) is 13.7. The molecular formula is C22H24N2O3S. The number of aryl methyl sites for hydroxylation is 1. The maximum atomic E-state index is 13.1. The molecule has 0 N–H and O–H groups in total. The highest BCUT2D eigenvalue weighted by Crippen LogP contribution is 2.22. The van der Waals surface area contributed by atoms with Crippen LogP contribution in [0.4, 0.5) is 0 Å². The first-order valence-corrected chi connectivity index (χ1v) is 10.6. The van der Waals surface area contributed by atoms with Crippen LogP contribution >= 0.6 is 11.8 Å². The summed E-state index contributed by atoms with van der Waals surface area (Å²) in [6.07, 6.45) is 3.05. The Morgan fingerprint density at radius 1 is 1.21 bits per heavy atom. The minimum atomic E-state index is 0.0213. The van der Waals surface area contributed by atoms with Crippen molar-refractivity contribution in [1.29, 1.82) is 0 Å². The Balaban J connectivity index is 1.55.